The van der Waals surface area contributed by atoms with Gasteiger partial charge in [0.05, 0.1) is 17.4 Å². The molecule has 0 unspecified atom stereocenters. The highest BCUT2D eigenvalue weighted by atomic mass is 16.1. The van der Waals surface area contributed by atoms with Crippen LogP contribution in [-0.4, -0.2) is 20.5 Å². The molecular formula is C12H10N4O. The smallest absolute Gasteiger partial charge is 0.221 e. The fourth-order valence-electron chi connectivity index (χ4n) is 1.90. The number of carbonyl (C=O) groups excluding carboxylic acids is 1. The van der Waals surface area contributed by atoms with Crippen molar-refractivity contribution in [3.05, 3.63) is 36.8 Å². The van der Waals surface area contributed by atoms with Crippen molar-refractivity contribution in [1.82, 2.24) is 14.6 Å². The molecule has 0 aliphatic heterocycles. The van der Waals surface area contributed by atoms with Crippen molar-refractivity contribution < 1.29 is 4.79 Å². The minimum absolute atomic E-state index is 0.110. The van der Waals surface area contributed by atoms with Gasteiger partial charge in [0.1, 0.15) is 11.8 Å². The summed E-state index contributed by atoms with van der Waals surface area (Å²) in [4.78, 5) is 15.4. The Morgan fingerprint density at radius 1 is 1.35 bits per heavy atom. The summed E-state index contributed by atoms with van der Waals surface area (Å²) in [6.45, 7) is 1.48. The van der Waals surface area contributed by atoms with Crippen LogP contribution in [0.4, 0.5) is 5.69 Å². The van der Waals surface area contributed by atoms with E-state index in [1.54, 1.807) is 17.0 Å². The van der Waals surface area contributed by atoms with Crippen molar-refractivity contribution in [1.29, 1.82) is 0 Å². The number of hydrogen-bond acceptors (Lipinski definition) is 3. The van der Waals surface area contributed by atoms with E-state index in [-0.39, 0.29) is 5.91 Å². The van der Waals surface area contributed by atoms with Crippen molar-refractivity contribution in [2.75, 3.05) is 5.32 Å². The summed E-state index contributed by atoms with van der Waals surface area (Å²) in [7, 11) is 0. The van der Waals surface area contributed by atoms with Crippen LogP contribution in [0.1, 0.15) is 6.92 Å². The molecule has 3 aromatic rings. The van der Waals surface area contributed by atoms with Gasteiger partial charge in [-0.25, -0.2) is 9.50 Å². The maximum absolute atomic E-state index is 11.1. The highest BCUT2D eigenvalue weighted by Crippen LogP contribution is 2.24. The molecule has 0 aliphatic carbocycles. The average molecular weight is 226 g/mol. The van der Waals surface area contributed by atoms with E-state index < -0.39 is 0 Å². The van der Waals surface area contributed by atoms with Crippen molar-refractivity contribution in [2.24, 2.45) is 0 Å². The Morgan fingerprint density at radius 2 is 2.18 bits per heavy atom. The molecule has 1 amide bonds. The number of rotatable bonds is 1. The van der Waals surface area contributed by atoms with Crippen LogP contribution in [0.2, 0.25) is 0 Å². The Morgan fingerprint density at radius 3 is 3.00 bits per heavy atom. The van der Waals surface area contributed by atoms with Crippen molar-refractivity contribution in [3.8, 4) is 0 Å². The summed E-state index contributed by atoms with van der Waals surface area (Å²) < 4.78 is 1.66. The van der Waals surface area contributed by atoms with Crippen molar-refractivity contribution in [3.63, 3.8) is 0 Å². The second-order valence-corrected chi connectivity index (χ2v) is 3.79. The van der Waals surface area contributed by atoms with Crippen LogP contribution in [0.3, 0.4) is 0 Å². The maximum atomic E-state index is 11.1. The normalized spacial score (nSPS) is 10.9. The molecule has 0 fully saturated rings. The summed E-state index contributed by atoms with van der Waals surface area (Å²) in [6.07, 6.45) is 3.27. The van der Waals surface area contributed by atoms with Gasteiger partial charge in [-0.1, -0.05) is 18.2 Å². The molecule has 0 saturated heterocycles. The molecule has 0 spiro atoms. The van der Waals surface area contributed by atoms with Gasteiger partial charge in [-0.2, -0.15) is 5.10 Å². The minimum Gasteiger partial charge on any atom is -0.323 e. The lowest BCUT2D eigenvalue weighted by molar-refractivity contribution is -0.114. The van der Waals surface area contributed by atoms with E-state index >= 15 is 0 Å². The SMILES string of the molecule is CC(=O)Nc1cnn2cnc3ccccc3c12. The Hall–Kier alpha value is -2.43. The molecule has 1 aromatic carbocycles. The number of carbonyl (C=O) groups is 1. The summed E-state index contributed by atoms with van der Waals surface area (Å²) in [6, 6.07) is 7.76. The molecule has 84 valence electrons. The zero-order chi connectivity index (χ0) is 11.8. The Bertz CT molecular complexity index is 717. The van der Waals surface area contributed by atoms with Gasteiger partial charge in [0.25, 0.3) is 0 Å². The van der Waals surface area contributed by atoms with Crippen LogP contribution in [0, 0.1) is 0 Å². The molecular weight excluding hydrogens is 216 g/mol. The topological polar surface area (TPSA) is 59.3 Å². The van der Waals surface area contributed by atoms with E-state index in [4.69, 9.17) is 0 Å². The predicted octanol–water partition coefficient (Wildman–Crippen LogP) is 1.84. The zero-order valence-electron chi connectivity index (χ0n) is 9.21. The Kier molecular flexibility index (Phi) is 2.04. The molecule has 0 aliphatic rings. The molecule has 17 heavy (non-hydrogen) atoms. The van der Waals surface area contributed by atoms with Gasteiger partial charge in [-0.3, -0.25) is 4.79 Å². The summed E-state index contributed by atoms with van der Waals surface area (Å²) in [5.41, 5.74) is 2.45. The highest BCUT2D eigenvalue weighted by Gasteiger charge is 2.09. The number of nitrogens with zero attached hydrogens (tertiary/aromatic N) is 3. The first-order valence-electron chi connectivity index (χ1n) is 5.24. The predicted molar refractivity (Wildman–Crippen MR) is 64.8 cm³/mol. The van der Waals surface area contributed by atoms with Crippen LogP contribution in [0.5, 0.6) is 0 Å². The van der Waals surface area contributed by atoms with Crippen LogP contribution < -0.4 is 5.32 Å². The van der Waals surface area contributed by atoms with E-state index in [0.29, 0.717) is 5.69 Å². The third kappa shape index (κ3) is 1.52. The molecule has 3 rings (SSSR count). The summed E-state index contributed by atoms with van der Waals surface area (Å²) in [5, 5.41) is 7.90. The molecule has 0 radical (unpaired) electrons. The van der Waals surface area contributed by atoms with Gasteiger partial charge < -0.3 is 5.32 Å². The van der Waals surface area contributed by atoms with Crippen LogP contribution in [0.25, 0.3) is 16.4 Å². The zero-order valence-corrected chi connectivity index (χ0v) is 9.21. The molecule has 0 saturated carbocycles. The number of fused-ring (bicyclic) bond motifs is 3. The number of para-hydroxylation sites is 1. The lowest BCUT2D eigenvalue weighted by atomic mass is 10.2. The Balaban J connectivity index is 2.38. The quantitative estimate of drug-likeness (QED) is 0.688. The third-order valence-electron chi connectivity index (χ3n) is 2.57. The fourth-order valence-corrected chi connectivity index (χ4v) is 1.90. The summed E-state index contributed by atoms with van der Waals surface area (Å²) >= 11 is 0. The number of anilines is 1. The lowest BCUT2D eigenvalue weighted by Gasteiger charge is -2.02. The first-order chi connectivity index (χ1) is 8.25. The standard InChI is InChI=1S/C12H10N4O/c1-8(17)15-11-6-14-16-7-13-10-5-3-2-4-9(10)12(11)16/h2-7H,1H3,(H,15,17). The van der Waals surface area contributed by atoms with E-state index in [1.807, 2.05) is 24.3 Å². The molecule has 5 nitrogen and oxygen atoms in total. The summed E-state index contributed by atoms with van der Waals surface area (Å²) in [5.74, 6) is -0.110. The minimum atomic E-state index is -0.110. The van der Waals surface area contributed by atoms with Crippen molar-refractivity contribution >= 4 is 28.0 Å². The average Bonchev–Trinajstić information content (AvgIpc) is 2.72. The largest absolute Gasteiger partial charge is 0.323 e. The number of hydrogen-bond donors (Lipinski definition) is 1. The second-order valence-electron chi connectivity index (χ2n) is 3.79. The van der Waals surface area contributed by atoms with Gasteiger partial charge in [0, 0.05) is 12.3 Å². The second kappa shape index (κ2) is 3.55. The van der Waals surface area contributed by atoms with Gasteiger partial charge >= 0.3 is 0 Å². The lowest BCUT2D eigenvalue weighted by Crippen LogP contribution is -2.05. The van der Waals surface area contributed by atoms with Crippen LogP contribution in [0.15, 0.2) is 36.8 Å². The first-order valence-corrected chi connectivity index (χ1v) is 5.24. The molecule has 0 atom stereocenters. The van der Waals surface area contributed by atoms with E-state index in [0.717, 1.165) is 16.4 Å². The molecule has 1 N–H and O–H groups in total. The molecule has 0 bridgehead atoms. The van der Waals surface area contributed by atoms with Gasteiger partial charge in [0.15, 0.2) is 0 Å². The highest BCUT2D eigenvalue weighted by molar-refractivity contribution is 6.03. The van der Waals surface area contributed by atoms with E-state index in [9.17, 15) is 4.79 Å². The van der Waals surface area contributed by atoms with Crippen molar-refractivity contribution in [2.45, 2.75) is 6.92 Å². The number of benzene rings is 1. The van der Waals surface area contributed by atoms with Gasteiger partial charge in [0.2, 0.25) is 5.91 Å². The fraction of sp³-hybridized carbons (Fsp3) is 0.0833. The monoisotopic (exact) mass is 226 g/mol. The van der Waals surface area contributed by atoms with E-state index in [1.165, 1.54) is 6.92 Å². The van der Waals surface area contributed by atoms with E-state index in [2.05, 4.69) is 15.4 Å². The molecule has 2 heterocycles. The Labute approximate surface area is 97.1 Å². The van der Waals surface area contributed by atoms with Gasteiger partial charge in [-0.15, -0.1) is 0 Å². The van der Waals surface area contributed by atoms with Crippen LogP contribution in [-0.2, 0) is 4.79 Å². The number of amides is 1. The number of nitrogens with one attached hydrogen (secondary N) is 1. The molecule has 2 aromatic heterocycles. The van der Waals surface area contributed by atoms with Gasteiger partial charge in [-0.05, 0) is 6.07 Å². The van der Waals surface area contributed by atoms with Crippen LogP contribution >= 0.6 is 0 Å². The third-order valence-corrected chi connectivity index (χ3v) is 2.57. The number of aromatic nitrogens is 3. The molecule has 5 heteroatoms. The maximum Gasteiger partial charge on any atom is 0.221 e. The first kappa shape index (κ1) is 9.77.